The van der Waals surface area contributed by atoms with Crippen LogP contribution in [0.5, 0.6) is 0 Å². The molecule has 1 saturated heterocycles. The summed E-state index contributed by atoms with van der Waals surface area (Å²) in [4.78, 5) is 38.7. The van der Waals surface area contributed by atoms with Crippen molar-refractivity contribution in [1.29, 1.82) is 0 Å². The Morgan fingerprint density at radius 2 is 1.96 bits per heavy atom. The Hall–Kier alpha value is -2.81. The summed E-state index contributed by atoms with van der Waals surface area (Å²) in [5.41, 5.74) is -0.0563. The normalized spacial score (nSPS) is 25.8. The number of nitrogens with zero attached hydrogens (tertiary/aromatic N) is 1. The fraction of sp³-hybridized carbons (Fsp3) is 0.500. The lowest BCUT2D eigenvalue weighted by Crippen LogP contribution is -2.54. The molecule has 2 atom stereocenters. The third kappa shape index (κ3) is 4.36. The summed E-state index contributed by atoms with van der Waals surface area (Å²) in [6.45, 7) is 6.21. The van der Waals surface area contributed by atoms with E-state index in [0.29, 0.717) is 18.8 Å². The Morgan fingerprint density at radius 3 is 2.64 bits per heavy atom. The van der Waals surface area contributed by atoms with Crippen LogP contribution in [0.4, 0.5) is 4.79 Å². The minimum absolute atomic E-state index is 0.0358. The van der Waals surface area contributed by atoms with Gasteiger partial charge in [-0.25, -0.2) is 4.79 Å². The number of nitrogens with one attached hydrogen (secondary N) is 2. The van der Waals surface area contributed by atoms with Gasteiger partial charge < -0.3 is 10.6 Å². The van der Waals surface area contributed by atoms with Crippen molar-refractivity contribution >= 4 is 17.8 Å². The average Bonchev–Trinajstić information content (AvgIpc) is 2.81. The highest BCUT2D eigenvalue weighted by Crippen LogP contribution is 2.46. The summed E-state index contributed by atoms with van der Waals surface area (Å²) in [7, 11) is 0. The maximum absolute atomic E-state index is 13.0. The van der Waals surface area contributed by atoms with E-state index in [-0.39, 0.29) is 24.4 Å². The number of amides is 4. The van der Waals surface area contributed by atoms with Crippen LogP contribution < -0.4 is 10.6 Å². The van der Waals surface area contributed by atoms with Gasteiger partial charge in [-0.1, -0.05) is 50.8 Å². The van der Waals surface area contributed by atoms with Crippen molar-refractivity contribution in [2.75, 3.05) is 13.1 Å². The first-order chi connectivity index (χ1) is 13.2. The first-order valence-electron chi connectivity index (χ1n) is 9.66. The van der Waals surface area contributed by atoms with E-state index >= 15 is 0 Å². The number of urea groups is 1. The topological polar surface area (TPSA) is 78.5 Å². The van der Waals surface area contributed by atoms with Crippen molar-refractivity contribution < 1.29 is 14.4 Å². The Balaban J connectivity index is 1.58. The second kappa shape index (κ2) is 7.67. The predicted octanol–water partition coefficient (Wildman–Crippen LogP) is 2.29. The van der Waals surface area contributed by atoms with Crippen LogP contribution in [0.3, 0.4) is 0 Å². The Bertz CT molecular complexity index is 838. The molecule has 1 aliphatic heterocycles. The molecular weight excluding hydrogens is 354 g/mol. The zero-order valence-electron chi connectivity index (χ0n) is 16.7. The van der Waals surface area contributed by atoms with Gasteiger partial charge in [-0.2, -0.15) is 0 Å². The molecule has 1 spiro atoms. The molecule has 4 amide bonds. The summed E-state index contributed by atoms with van der Waals surface area (Å²) >= 11 is 0. The summed E-state index contributed by atoms with van der Waals surface area (Å²) in [6, 6.07) is 8.97. The zero-order chi connectivity index (χ0) is 20.4. The maximum Gasteiger partial charge on any atom is 0.325 e. The van der Waals surface area contributed by atoms with Crippen molar-refractivity contribution in [2.24, 2.45) is 11.3 Å². The van der Waals surface area contributed by atoms with E-state index in [2.05, 4.69) is 43.2 Å². The third-order valence-electron chi connectivity index (χ3n) is 5.31. The molecule has 2 N–H and O–H groups in total. The Kier molecular flexibility index (Phi) is 5.46. The molecule has 1 heterocycles. The molecule has 0 bridgehead atoms. The first kappa shape index (κ1) is 19.9. The van der Waals surface area contributed by atoms with Gasteiger partial charge in [0.25, 0.3) is 5.91 Å². The molecular formula is C22H27N3O3. The highest BCUT2D eigenvalue weighted by molar-refractivity contribution is 6.09. The number of hydrogen-bond donors (Lipinski definition) is 2. The molecule has 2 aliphatic rings. The minimum atomic E-state index is -0.883. The van der Waals surface area contributed by atoms with E-state index in [1.165, 1.54) is 0 Å². The number of carbonyl (C=O) groups excluding carboxylic acids is 3. The summed E-state index contributed by atoms with van der Waals surface area (Å²) in [5, 5.41) is 5.53. The van der Waals surface area contributed by atoms with E-state index in [1.54, 1.807) is 0 Å². The van der Waals surface area contributed by atoms with Crippen LogP contribution in [0.15, 0.2) is 30.3 Å². The molecule has 148 valence electrons. The second-order valence-corrected chi connectivity index (χ2v) is 8.70. The maximum atomic E-state index is 13.0. The lowest BCUT2D eigenvalue weighted by Gasteiger charge is -2.43. The van der Waals surface area contributed by atoms with E-state index in [9.17, 15) is 14.4 Å². The summed E-state index contributed by atoms with van der Waals surface area (Å²) in [6.07, 6.45) is 2.22. The second-order valence-electron chi connectivity index (χ2n) is 8.70. The van der Waals surface area contributed by atoms with Crippen molar-refractivity contribution in [3.8, 4) is 11.8 Å². The molecule has 0 aromatic heterocycles. The number of hydrogen-bond acceptors (Lipinski definition) is 3. The molecule has 3 rings (SSSR count). The van der Waals surface area contributed by atoms with E-state index < -0.39 is 17.5 Å². The van der Waals surface area contributed by atoms with Gasteiger partial charge in [0, 0.05) is 5.56 Å². The van der Waals surface area contributed by atoms with Crippen molar-refractivity contribution in [3.05, 3.63) is 35.9 Å². The fourth-order valence-electron chi connectivity index (χ4n) is 4.66. The molecule has 6 nitrogen and oxygen atoms in total. The predicted molar refractivity (Wildman–Crippen MR) is 106 cm³/mol. The quantitative estimate of drug-likeness (QED) is 0.623. The highest BCUT2D eigenvalue weighted by Gasteiger charge is 2.56. The van der Waals surface area contributed by atoms with Gasteiger partial charge in [-0.15, -0.1) is 0 Å². The van der Waals surface area contributed by atoms with Crippen molar-refractivity contribution in [3.63, 3.8) is 0 Å². The van der Waals surface area contributed by atoms with Crippen LogP contribution in [-0.2, 0) is 9.59 Å². The standard InChI is InChI=1S/C22H27N3O3/c1-16-12-21(2,3)15-22(13-16)19(27)25(20(28)24-22)14-18(26)23-11-7-10-17-8-5-4-6-9-17/h4-6,8-9,16H,11-15H2,1-3H3,(H,23,26)(H,24,28)/t16-,22-/m1/s1. The van der Waals surface area contributed by atoms with Crippen LogP contribution in [0.1, 0.15) is 45.6 Å². The van der Waals surface area contributed by atoms with Crippen LogP contribution in [-0.4, -0.2) is 41.4 Å². The van der Waals surface area contributed by atoms with Crippen LogP contribution in [0, 0.1) is 23.2 Å². The molecule has 0 radical (unpaired) electrons. The van der Waals surface area contributed by atoms with Gasteiger partial charge >= 0.3 is 6.03 Å². The van der Waals surface area contributed by atoms with Crippen molar-refractivity contribution in [1.82, 2.24) is 15.5 Å². The lowest BCUT2D eigenvalue weighted by atomic mass is 9.64. The largest absolute Gasteiger partial charge is 0.344 e. The minimum Gasteiger partial charge on any atom is -0.344 e. The molecule has 1 aliphatic carbocycles. The van der Waals surface area contributed by atoms with Crippen LogP contribution in [0.25, 0.3) is 0 Å². The fourth-order valence-corrected chi connectivity index (χ4v) is 4.66. The molecule has 28 heavy (non-hydrogen) atoms. The van der Waals surface area contributed by atoms with Gasteiger partial charge in [-0.05, 0) is 42.7 Å². The van der Waals surface area contributed by atoms with E-state index in [0.717, 1.165) is 16.9 Å². The Morgan fingerprint density at radius 1 is 1.25 bits per heavy atom. The van der Waals surface area contributed by atoms with Crippen LogP contribution in [0.2, 0.25) is 0 Å². The molecule has 1 saturated carbocycles. The summed E-state index contributed by atoms with van der Waals surface area (Å²) in [5.74, 6) is 5.46. The number of benzene rings is 1. The first-order valence-corrected chi connectivity index (χ1v) is 9.66. The highest BCUT2D eigenvalue weighted by atomic mass is 16.2. The average molecular weight is 381 g/mol. The zero-order valence-corrected chi connectivity index (χ0v) is 16.7. The van der Waals surface area contributed by atoms with E-state index in [1.807, 2.05) is 30.3 Å². The SMILES string of the molecule is C[C@@H]1CC(C)(C)C[C@@]2(C1)NC(=O)N(CC(=O)NCC#Cc1ccccc1)C2=O. The van der Waals surface area contributed by atoms with Gasteiger partial charge in [0.2, 0.25) is 5.91 Å². The van der Waals surface area contributed by atoms with Gasteiger partial charge in [0.15, 0.2) is 0 Å². The van der Waals surface area contributed by atoms with Gasteiger partial charge in [0.1, 0.15) is 12.1 Å². The van der Waals surface area contributed by atoms with E-state index in [4.69, 9.17) is 0 Å². The summed E-state index contributed by atoms with van der Waals surface area (Å²) < 4.78 is 0. The molecule has 2 fully saturated rings. The number of rotatable bonds is 3. The smallest absolute Gasteiger partial charge is 0.325 e. The molecule has 1 aromatic rings. The van der Waals surface area contributed by atoms with Crippen molar-refractivity contribution in [2.45, 2.75) is 45.6 Å². The number of carbonyl (C=O) groups is 3. The molecule has 0 unspecified atom stereocenters. The van der Waals surface area contributed by atoms with Gasteiger partial charge in [0.05, 0.1) is 6.54 Å². The Labute approximate surface area is 166 Å². The number of imide groups is 1. The molecule has 1 aromatic carbocycles. The third-order valence-corrected chi connectivity index (χ3v) is 5.31. The molecule has 6 heteroatoms. The van der Waals surface area contributed by atoms with Gasteiger partial charge in [-0.3, -0.25) is 14.5 Å². The monoisotopic (exact) mass is 381 g/mol. The lowest BCUT2D eigenvalue weighted by molar-refractivity contribution is -0.137. The van der Waals surface area contributed by atoms with Crippen LogP contribution >= 0.6 is 0 Å².